The van der Waals surface area contributed by atoms with E-state index in [0.29, 0.717) is 6.54 Å². The fourth-order valence-corrected chi connectivity index (χ4v) is 6.83. The van der Waals surface area contributed by atoms with Crippen molar-refractivity contribution in [1.29, 1.82) is 0 Å². The smallest absolute Gasteiger partial charge is 0.356 e. The molecule has 3 aliphatic rings. The topological polar surface area (TPSA) is 103 Å². The van der Waals surface area contributed by atoms with Crippen LogP contribution in [0.3, 0.4) is 0 Å². The maximum atomic E-state index is 12.9. The second kappa shape index (κ2) is 9.71. The van der Waals surface area contributed by atoms with Gasteiger partial charge in [-0.05, 0) is 26.0 Å². The van der Waals surface area contributed by atoms with Crippen LogP contribution in [0.1, 0.15) is 26.0 Å². The average Bonchev–Trinajstić information content (AvgIpc) is 3.34. The number of thioether (sulfide) groups is 1. The highest BCUT2D eigenvalue weighted by Gasteiger charge is 2.60. The normalized spacial score (nSPS) is 28.3. The lowest BCUT2D eigenvalue weighted by Crippen LogP contribution is -2.63. The summed E-state index contributed by atoms with van der Waals surface area (Å²) >= 11 is 2.88. The minimum Gasteiger partial charge on any atom is -0.457 e. The van der Waals surface area contributed by atoms with Crippen molar-refractivity contribution < 1.29 is 24.5 Å². The summed E-state index contributed by atoms with van der Waals surface area (Å²) in [5, 5.41) is 21.6. The standard InChI is InChI=1S/C23H29N3O5S2/c1-5-8-31-22(30)19-20(12(2)18-17(13(3)28)21(29)26(18)19)33-23-24-16(11-32-23)14-6-7-15(10-27)25(4)9-14/h5-6,11-13,15,17-18,27-28H,1,7-10H2,2-4H3/t12-,13-,15+,17-,18-/m1/s1. The Morgan fingerprint density at radius 3 is 2.91 bits per heavy atom. The molecule has 0 radical (unpaired) electrons. The minimum atomic E-state index is -0.791. The van der Waals surface area contributed by atoms with Gasteiger partial charge in [0.15, 0.2) is 4.34 Å². The summed E-state index contributed by atoms with van der Waals surface area (Å²) in [6.45, 7) is 8.04. The molecule has 5 atom stereocenters. The first-order valence-electron chi connectivity index (χ1n) is 11.0. The fourth-order valence-electron chi connectivity index (χ4n) is 4.72. The third-order valence-corrected chi connectivity index (χ3v) is 8.76. The van der Waals surface area contributed by atoms with Crippen LogP contribution in [-0.4, -0.2) is 81.9 Å². The molecule has 8 nitrogen and oxygen atoms in total. The van der Waals surface area contributed by atoms with Crippen molar-refractivity contribution >= 4 is 40.5 Å². The zero-order valence-corrected chi connectivity index (χ0v) is 20.6. The van der Waals surface area contributed by atoms with Crippen molar-refractivity contribution in [3.8, 4) is 0 Å². The maximum Gasteiger partial charge on any atom is 0.356 e. The largest absolute Gasteiger partial charge is 0.457 e. The van der Waals surface area contributed by atoms with Gasteiger partial charge in [-0.3, -0.25) is 9.69 Å². The number of β-lactam (4-membered cyclic amide) rings is 1. The number of ether oxygens (including phenoxy) is 1. The number of esters is 1. The quantitative estimate of drug-likeness (QED) is 0.324. The molecule has 33 heavy (non-hydrogen) atoms. The fraction of sp³-hybridized carbons (Fsp3) is 0.522. The molecular formula is C23H29N3O5S2. The highest BCUT2D eigenvalue weighted by molar-refractivity contribution is 8.04. The minimum absolute atomic E-state index is 0.0547. The van der Waals surface area contributed by atoms with Crippen LogP contribution in [0.25, 0.3) is 5.57 Å². The van der Waals surface area contributed by atoms with Gasteiger partial charge in [-0.2, -0.15) is 0 Å². The van der Waals surface area contributed by atoms with Gasteiger partial charge in [0.05, 0.1) is 30.4 Å². The number of aromatic nitrogens is 1. The molecule has 3 aliphatic heterocycles. The second-order valence-electron chi connectivity index (χ2n) is 8.67. The first kappa shape index (κ1) is 24.2. The molecule has 0 unspecified atom stereocenters. The third kappa shape index (κ3) is 4.30. The number of fused-ring (bicyclic) bond motifs is 1. The Hall–Kier alpha value is -1.98. The molecule has 10 heteroatoms. The lowest BCUT2D eigenvalue weighted by molar-refractivity contribution is -0.164. The summed E-state index contributed by atoms with van der Waals surface area (Å²) < 4.78 is 6.06. The summed E-state index contributed by atoms with van der Waals surface area (Å²) in [7, 11) is 1.99. The number of hydrogen-bond donors (Lipinski definition) is 2. The van der Waals surface area contributed by atoms with Crippen molar-refractivity contribution in [2.45, 2.75) is 42.8 Å². The van der Waals surface area contributed by atoms with Crippen LogP contribution in [0.2, 0.25) is 0 Å². The molecule has 178 valence electrons. The number of likely N-dealkylation sites (N-methyl/N-ethyl adjacent to an activating group) is 1. The first-order valence-corrected chi connectivity index (χ1v) is 12.6. The molecule has 1 aromatic rings. The van der Waals surface area contributed by atoms with E-state index in [4.69, 9.17) is 9.72 Å². The van der Waals surface area contributed by atoms with Gasteiger partial charge in [0, 0.05) is 28.8 Å². The number of aliphatic hydroxyl groups is 2. The number of amides is 1. The zero-order valence-electron chi connectivity index (χ0n) is 18.9. The predicted molar refractivity (Wildman–Crippen MR) is 127 cm³/mol. The Balaban J connectivity index is 1.60. The van der Waals surface area contributed by atoms with Crippen molar-refractivity contribution in [3.05, 3.63) is 40.4 Å². The maximum absolute atomic E-state index is 12.9. The van der Waals surface area contributed by atoms with Gasteiger partial charge in [0.1, 0.15) is 12.3 Å². The summed E-state index contributed by atoms with van der Waals surface area (Å²) in [5.41, 5.74) is 2.24. The highest BCUT2D eigenvalue weighted by Crippen LogP contribution is 2.52. The van der Waals surface area contributed by atoms with Crippen LogP contribution in [0.5, 0.6) is 0 Å². The molecule has 1 saturated heterocycles. The summed E-state index contributed by atoms with van der Waals surface area (Å²) in [6.07, 6.45) is 3.59. The number of carbonyl (C=O) groups excluding carboxylic acids is 2. The van der Waals surface area contributed by atoms with Crippen LogP contribution in [0.15, 0.2) is 39.1 Å². The van der Waals surface area contributed by atoms with Crippen LogP contribution < -0.4 is 0 Å². The van der Waals surface area contributed by atoms with Gasteiger partial charge in [0.25, 0.3) is 0 Å². The number of carbonyl (C=O) groups is 2. The van der Waals surface area contributed by atoms with Crippen LogP contribution in [0, 0.1) is 11.8 Å². The summed E-state index contributed by atoms with van der Waals surface area (Å²) in [6, 6.07) is -0.144. The van der Waals surface area contributed by atoms with Crippen LogP contribution in [-0.2, 0) is 14.3 Å². The molecule has 0 spiro atoms. The highest BCUT2D eigenvalue weighted by atomic mass is 32.2. The van der Waals surface area contributed by atoms with E-state index in [9.17, 15) is 19.8 Å². The molecule has 0 aromatic carbocycles. The van der Waals surface area contributed by atoms with Crippen molar-refractivity contribution in [2.24, 2.45) is 11.8 Å². The lowest BCUT2D eigenvalue weighted by atomic mass is 9.79. The Labute approximate surface area is 201 Å². The van der Waals surface area contributed by atoms with Gasteiger partial charge >= 0.3 is 5.97 Å². The van der Waals surface area contributed by atoms with E-state index in [1.807, 2.05) is 19.4 Å². The number of hydrogen-bond acceptors (Lipinski definition) is 9. The molecule has 4 heterocycles. The SMILES string of the molecule is C=CCOC(=O)C1=C(Sc2nc(C3=CC[C@@H](CO)N(C)C3)cs2)[C@H](C)[C@@H]2[C@@H]([C@@H](C)O)C(=O)N12. The van der Waals surface area contributed by atoms with Crippen molar-refractivity contribution in [3.63, 3.8) is 0 Å². The van der Waals surface area contributed by atoms with E-state index in [1.165, 1.54) is 34.1 Å². The number of thiazole rings is 1. The molecule has 2 N–H and O–H groups in total. The molecule has 0 saturated carbocycles. The van der Waals surface area contributed by atoms with Gasteiger partial charge in [-0.25, -0.2) is 9.78 Å². The molecular weight excluding hydrogens is 462 g/mol. The summed E-state index contributed by atoms with van der Waals surface area (Å²) in [4.78, 5) is 34.7. The number of nitrogens with zero attached hydrogens (tertiary/aromatic N) is 3. The Morgan fingerprint density at radius 2 is 2.27 bits per heavy atom. The Morgan fingerprint density at radius 1 is 1.52 bits per heavy atom. The monoisotopic (exact) mass is 491 g/mol. The first-order chi connectivity index (χ1) is 15.8. The van der Waals surface area contributed by atoms with Gasteiger partial charge in [-0.15, -0.1) is 11.3 Å². The van der Waals surface area contributed by atoms with E-state index in [-0.39, 0.29) is 42.8 Å². The lowest BCUT2D eigenvalue weighted by Gasteiger charge is -2.46. The molecule has 0 aliphatic carbocycles. The summed E-state index contributed by atoms with van der Waals surface area (Å²) in [5.74, 6) is -1.48. The number of aliphatic hydroxyl groups excluding tert-OH is 2. The molecule has 1 fully saturated rings. The second-order valence-corrected chi connectivity index (χ2v) is 10.8. The van der Waals surface area contributed by atoms with E-state index in [1.54, 1.807) is 6.92 Å². The van der Waals surface area contributed by atoms with E-state index in [0.717, 1.165) is 26.9 Å². The van der Waals surface area contributed by atoms with Crippen molar-refractivity contribution in [1.82, 2.24) is 14.8 Å². The third-order valence-electron chi connectivity index (χ3n) is 6.53. The average molecular weight is 492 g/mol. The van der Waals surface area contributed by atoms with Crippen LogP contribution >= 0.6 is 23.1 Å². The van der Waals surface area contributed by atoms with E-state index < -0.39 is 18.0 Å². The van der Waals surface area contributed by atoms with Gasteiger partial charge in [0.2, 0.25) is 5.91 Å². The molecule has 4 rings (SSSR count). The van der Waals surface area contributed by atoms with Gasteiger partial charge < -0.3 is 19.8 Å². The van der Waals surface area contributed by atoms with E-state index >= 15 is 0 Å². The molecule has 1 amide bonds. The van der Waals surface area contributed by atoms with Crippen molar-refractivity contribution in [2.75, 3.05) is 26.8 Å². The number of rotatable bonds is 8. The Bertz CT molecular complexity index is 1020. The Kier molecular flexibility index (Phi) is 7.11. The molecule has 1 aromatic heterocycles. The van der Waals surface area contributed by atoms with Gasteiger partial charge in [-0.1, -0.05) is 37.4 Å². The van der Waals surface area contributed by atoms with E-state index in [2.05, 4.69) is 17.6 Å². The molecule has 0 bridgehead atoms. The predicted octanol–water partition coefficient (Wildman–Crippen LogP) is 2.11. The van der Waals surface area contributed by atoms with Crippen LogP contribution in [0.4, 0.5) is 0 Å². The zero-order chi connectivity index (χ0) is 23.9.